The van der Waals surface area contributed by atoms with Crippen molar-refractivity contribution in [1.82, 2.24) is 0 Å². The first-order chi connectivity index (χ1) is 6.50. The van der Waals surface area contributed by atoms with Gasteiger partial charge in [0.15, 0.2) is 0 Å². The summed E-state index contributed by atoms with van der Waals surface area (Å²) >= 11 is 0. The van der Waals surface area contributed by atoms with Gasteiger partial charge in [-0.25, -0.2) is 0 Å². The average molecular weight is 210 g/mol. The Bertz CT molecular complexity index is 138. The van der Waals surface area contributed by atoms with E-state index >= 15 is 0 Å². The van der Waals surface area contributed by atoms with Crippen LogP contribution in [0.1, 0.15) is 39.5 Å². The van der Waals surface area contributed by atoms with E-state index in [-0.39, 0.29) is 13.2 Å². The van der Waals surface area contributed by atoms with Crippen LogP contribution in [0.3, 0.4) is 0 Å². The summed E-state index contributed by atoms with van der Waals surface area (Å²) in [6.07, 6.45) is 0.0572. The van der Waals surface area contributed by atoms with Crippen molar-refractivity contribution in [1.29, 1.82) is 0 Å². The van der Waals surface area contributed by atoms with Gasteiger partial charge in [0.05, 0.1) is 6.61 Å². The van der Waals surface area contributed by atoms with E-state index in [4.69, 9.17) is 5.11 Å². The molecule has 0 heterocycles. The van der Waals surface area contributed by atoms with E-state index in [0.29, 0.717) is 6.42 Å². The number of unbranched alkanes of at least 4 members (excludes halogenated alkanes) is 3. The van der Waals surface area contributed by atoms with E-state index in [1.54, 1.807) is 0 Å². The number of halogens is 2. The molecule has 0 aliphatic carbocycles. The molecule has 86 valence electrons. The van der Waals surface area contributed by atoms with E-state index in [2.05, 4.69) is 4.74 Å². The number of aliphatic hydroxyl groups is 1. The molecule has 0 aromatic heterocycles. The number of hydrogen-bond acceptors (Lipinski definition) is 2. The quantitative estimate of drug-likeness (QED) is 0.624. The Morgan fingerprint density at radius 2 is 1.71 bits per heavy atom. The number of aliphatic hydroxyl groups excluding tert-OH is 1. The Hall–Kier alpha value is -0.220. The highest BCUT2D eigenvalue weighted by molar-refractivity contribution is 4.57. The molecule has 0 aromatic carbocycles. The second-order valence-electron chi connectivity index (χ2n) is 3.70. The summed E-state index contributed by atoms with van der Waals surface area (Å²) in [4.78, 5) is 0. The minimum Gasteiger partial charge on any atom is -0.396 e. The maximum Gasteiger partial charge on any atom is 0.357 e. The summed E-state index contributed by atoms with van der Waals surface area (Å²) in [5, 5.41) is 8.47. The SMILES string of the molecule is CC(C)C(F)(F)OCCCCCCO. The summed E-state index contributed by atoms with van der Waals surface area (Å²) in [5.41, 5.74) is 0. The Morgan fingerprint density at radius 3 is 2.21 bits per heavy atom. The molecular weight excluding hydrogens is 190 g/mol. The molecule has 0 atom stereocenters. The van der Waals surface area contributed by atoms with E-state index in [0.717, 1.165) is 19.3 Å². The number of alkyl halides is 2. The Balaban J connectivity index is 3.35. The molecule has 0 radical (unpaired) electrons. The van der Waals surface area contributed by atoms with Crippen molar-refractivity contribution in [2.75, 3.05) is 13.2 Å². The van der Waals surface area contributed by atoms with E-state index in [1.807, 2.05) is 0 Å². The molecular formula is C10H20F2O2. The third-order valence-corrected chi connectivity index (χ3v) is 2.02. The lowest BCUT2D eigenvalue weighted by molar-refractivity contribution is -0.265. The van der Waals surface area contributed by atoms with Crippen LogP contribution in [0.25, 0.3) is 0 Å². The van der Waals surface area contributed by atoms with Gasteiger partial charge in [-0.3, -0.25) is 0 Å². The first kappa shape index (κ1) is 13.8. The topological polar surface area (TPSA) is 29.5 Å². The van der Waals surface area contributed by atoms with Gasteiger partial charge in [0.1, 0.15) is 0 Å². The summed E-state index contributed by atoms with van der Waals surface area (Å²) in [5.74, 6) is -0.778. The fourth-order valence-electron chi connectivity index (χ4n) is 0.942. The van der Waals surface area contributed by atoms with Gasteiger partial charge in [0.25, 0.3) is 0 Å². The molecule has 0 fully saturated rings. The summed E-state index contributed by atoms with van der Waals surface area (Å²) in [6, 6.07) is 0. The van der Waals surface area contributed by atoms with Crippen molar-refractivity contribution in [3.63, 3.8) is 0 Å². The zero-order chi connectivity index (χ0) is 11.0. The van der Waals surface area contributed by atoms with Crippen molar-refractivity contribution >= 4 is 0 Å². The molecule has 0 rings (SSSR count). The highest BCUT2D eigenvalue weighted by atomic mass is 19.3. The summed E-state index contributed by atoms with van der Waals surface area (Å²) < 4.78 is 30.2. The molecule has 0 aromatic rings. The molecule has 0 unspecified atom stereocenters. The zero-order valence-corrected chi connectivity index (χ0v) is 8.93. The summed E-state index contributed by atoms with van der Waals surface area (Å²) in [7, 11) is 0. The van der Waals surface area contributed by atoms with Gasteiger partial charge >= 0.3 is 6.11 Å². The van der Waals surface area contributed by atoms with Gasteiger partial charge in [-0.1, -0.05) is 26.7 Å². The van der Waals surface area contributed by atoms with Crippen LogP contribution in [0, 0.1) is 5.92 Å². The number of rotatable bonds is 8. The van der Waals surface area contributed by atoms with E-state index in [9.17, 15) is 8.78 Å². The minimum absolute atomic E-state index is 0.0939. The van der Waals surface area contributed by atoms with Crippen LogP contribution in [0.2, 0.25) is 0 Å². The first-order valence-electron chi connectivity index (χ1n) is 5.13. The Kier molecular flexibility index (Phi) is 7.01. The molecule has 0 spiro atoms. The maximum absolute atomic E-state index is 12.9. The van der Waals surface area contributed by atoms with Crippen LogP contribution in [-0.2, 0) is 4.74 Å². The highest BCUT2D eigenvalue weighted by Gasteiger charge is 2.33. The molecule has 0 saturated carbocycles. The normalized spacial score (nSPS) is 12.4. The lowest BCUT2D eigenvalue weighted by Gasteiger charge is -2.20. The zero-order valence-electron chi connectivity index (χ0n) is 8.93. The van der Waals surface area contributed by atoms with Gasteiger partial charge in [-0.15, -0.1) is 0 Å². The summed E-state index contributed by atoms with van der Waals surface area (Å²) in [6.45, 7) is 3.14. The fourth-order valence-corrected chi connectivity index (χ4v) is 0.942. The van der Waals surface area contributed by atoms with E-state index in [1.165, 1.54) is 13.8 Å². The Labute approximate surface area is 84.3 Å². The monoisotopic (exact) mass is 210 g/mol. The van der Waals surface area contributed by atoms with Crippen LogP contribution in [-0.4, -0.2) is 24.4 Å². The van der Waals surface area contributed by atoms with Gasteiger partial charge in [-0.2, -0.15) is 8.78 Å². The van der Waals surface area contributed by atoms with Crippen molar-refractivity contribution in [2.45, 2.75) is 45.6 Å². The lowest BCUT2D eigenvalue weighted by atomic mass is 10.2. The van der Waals surface area contributed by atoms with Gasteiger partial charge < -0.3 is 9.84 Å². The van der Waals surface area contributed by atoms with Crippen LogP contribution >= 0.6 is 0 Å². The van der Waals surface area contributed by atoms with Crippen molar-refractivity contribution in [3.8, 4) is 0 Å². The second-order valence-corrected chi connectivity index (χ2v) is 3.70. The highest BCUT2D eigenvalue weighted by Crippen LogP contribution is 2.25. The number of ether oxygens (including phenoxy) is 1. The third kappa shape index (κ3) is 6.27. The molecule has 0 saturated heterocycles. The van der Waals surface area contributed by atoms with Crippen molar-refractivity contribution < 1.29 is 18.6 Å². The molecule has 0 aliphatic heterocycles. The molecule has 4 heteroatoms. The minimum atomic E-state index is -3.00. The largest absolute Gasteiger partial charge is 0.396 e. The maximum atomic E-state index is 12.9. The first-order valence-corrected chi connectivity index (χ1v) is 5.13. The smallest absolute Gasteiger partial charge is 0.357 e. The van der Waals surface area contributed by atoms with Crippen LogP contribution < -0.4 is 0 Å². The molecule has 2 nitrogen and oxygen atoms in total. The molecule has 0 amide bonds. The molecule has 14 heavy (non-hydrogen) atoms. The lowest BCUT2D eigenvalue weighted by Crippen LogP contribution is -2.28. The van der Waals surface area contributed by atoms with Gasteiger partial charge in [0.2, 0.25) is 0 Å². The van der Waals surface area contributed by atoms with Crippen LogP contribution in [0.4, 0.5) is 8.78 Å². The molecule has 0 aliphatic rings. The predicted octanol–water partition coefficient (Wildman–Crippen LogP) is 2.80. The van der Waals surface area contributed by atoms with E-state index < -0.39 is 12.0 Å². The third-order valence-electron chi connectivity index (χ3n) is 2.02. The standard InChI is InChI=1S/C10H20F2O2/c1-9(2)10(11,12)14-8-6-4-3-5-7-13/h9,13H,3-8H2,1-2H3. The Morgan fingerprint density at radius 1 is 1.14 bits per heavy atom. The van der Waals surface area contributed by atoms with Gasteiger partial charge in [0, 0.05) is 12.5 Å². The molecule has 0 bridgehead atoms. The van der Waals surface area contributed by atoms with Crippen molar-refractivity contribution in [2.24, 2.45) is 5.92 Å². The fraction of sp³-hybridized carbons (Fsp3) is 1.00. The van der Waals surface area contributed by atoms with Crippen molar-refractivity contribution in [3.05, 3.63) is 0 Å². The average Bonchev–Trinajstić information content (AvgIpc) is 2.10. The van der Waals surface area contributed by atoms with Crippen LogP contribution in [0.5, 0.6) is 0 Å². The van der Waals surface area contributed by atoms with Gasteiger partial charge in [-0.05, 0) is 12.8 Å². The second kappa shape index (κ2) is 7.12. The molecule has 1 N–H and O–H groups in total. The van der Waals surface area contributed by atoms with Crippen LogP contribution in [0.15, 0.2) is 0 Å². The predicted molar refractivity (Wildman–Crippen MR) is 51.3 cm³/mol. The number of hydrogen-bond donors (Lipinski definition) is 1.